The van der Waals surface area contributed by atoms with Crippen LogP contribution in [0.4, 0.5) is 0 Å². The molecule has 2 N–H and O–H groups in total. The van der Waals surface area contributed by atoms with Crippen molar-refractivity contribution < 1.29 is 4.74 Å². The molecule has 0 saturated heterocycles. The van der Waals surface area contributed by atoms with Gasteiger partial charge in [0.05, 0.1) is 11.4 Å². The minimum absolute atomic E-state index is 0.213. The summed E-state index contributed by atoms with van der Waals surface area (Å²) in [6.07, 6.45) is 1.87. The standard InChI is InChI=1S/C16H23N3O/c1-4-14(17)9-13-6-5-7-16(10-13)20-11-15-8-12(2)18-19(15)3/h5-8,10,14H,4,9,11,17H2,1-3H3. The van der Waals surface area contributed by atoms with E-state index in [9.17, 15) is 0 Å². The van der Waals surface area contributed by atoms with Gasteiger partial charge in [0, 0.05) is 13.1 Å². The smallest absolute Gasteiger partial charge is 0.130 e. The Bertz CT molecular complexity index is 563. The number of hydrogen-bond donors (Lipinski definition) is 1. The fourth-order valence-electron chi connectivity index (χ4n) is 2.17. The number of rotatable bonds is 6. The molecule has 0 fully saturated rings. The van der Waals surface area contributed by atoms with Gasteiger partial charge in [0.25, 0.3) is 0 Å². The first-order chi connectivity index (χ1) is 9.58. The number of aryl methyl sites for hydroxylation is 2. The van der Waals surface area contributed by atoms with E-state index < -0.39 is 0 Å². The summed E-state index contributed by atoms with van der Waals surface area (Å²) in [5.74, 6) is 0.879. The molecule has 0 amide bonds. The van der Waals surface area contributed by atoms with E-state index in [0.717, 1.165) is 30.0 Å². The maximum Gasteiger partial charge on any atom is 0.130 e. The van der Waals surface area contributed by atoms with Crippen LogP contribution in [0.25, 0.3) is 0 Å². The summed E-state index contributed by atoms with van der Waals surface area (Å²) in [5.41, 5.74) is 9.29. The third-order valence-corrected chi connectivity index (χ3v) is 3.41. The molecule has 1 atom stereocenters. The third-order valence-electron chi connectivity index (χ3n) is 3.41. The lowest BCUT2D eigenvalue weighted by Crippen LogP contribution is -2.21. The lowest BCUT2D eigenvalue weighted by atomic mass is 10.0. The summed E-state index contributed by atoms with van der Waals surface area (Å²) in [5, 5.41) is 4.31. The van der Waals surface area contributed by atoms with Crippen LogP contribution in [-0.2, 0) is 20.1 Å². The van der Waals surface area contributed by atoms with Crippen LogP contribution >= 0.6 is 0 Å². The molecular formula is C16H23N3O. The van der Waals surface area contributed by atoms with Crippen LogP contribution in [0.2, 0.25) is 0 Å². The summed E-state index contributed by atoms with van der Waals surface area (Å²) in [4.78, 5) is 0. The molecule has 0 aliphatic heterocycles. The second-order valence-electron chi connectivity index (χ2n) is 5.21. The Balaban J connectivity index is 1.99. The van der Waals surface area contributed by atoms with Gasteiger partial charge in [0.15, 0.2) is 0 Å². The first-order valence-electron chi connectivity index (χ1n) is 7.05. The van der Waals surface area contributed by atoms with Crippen molar-refractivity contribution in [3.05, 3.63) is 47.3 Å². The zero-order chi connectivity index (χ0) is 14.5. The molecule has 0 saturated carbocycles. The van der Waals surface area contributed by atoms with E-state index in [-0.39, 0.29) is 6.04 Å². The van der Waals surface area contributed by atoms with Gasteiger partial charge in [0.1, 0.15) is 12.4 Å². The lowest BCUT2D eigenvalue weighted by Gasteiger charge is -2.11. The Hall–Kier alpha value is -1.81. The lowest BCUT2D eigenvalue weighted by molar-refractivity contribution is 0.294. The van der Waals surface area contributed by atoms with Crippen molar-refractivity contribution in [1.29, 1.82) is 0 Å². The molecule has 0 aliphatic carbocycles. The average molecular weight is 273 g/mol. The van der Waals surface area contributed by atoms with Gasteiger partial charge < -0.3 is 10.5 Å². The second-order valence-corrected chi connectivity index (χ2v) is 5.21. The van der Waals surface area contributed by atoms with Crippen LogP contribution in [0, 0.1) is 6.92 Å². The number of nitrogens with zero attached hydrogens (tertiary/aromatic N) is 2. The molecule has 1 aromatic heterocycles. The van der Waals surface area contributed by atoms with Crippen LogP contribution in [0.1, 0.15) is 30.3 Å². The van der Waals surface area contributed by atoms with Gasteiger partial charge in [-0.15, -0.1) is 0 Å². The number of hydrogen-bond acceptors (Lipinski definition) is 3. The van der Waals surface area contributed by atoms with Gasteiger partial charge in [-0.05, 0) is 43.5 Å². The van der Waals surface area contributed by atoms with Crippen molar-refractivity contribution in [1.82, 2.24) is 9.78 Å². The Labute approximate surface area is 120 Å². The Morgan fingerprint density at radius 2 is 2.15 bits per heavy atom. The molecule has 2 aromatic rings. The quantitative estimate of drug-likeness (QED) is 0.880. The highest BCUT2D eigenvalue weighted by Crippen LogP contribution is 2.16. The number of nitrogens with two attached hydrogens (primary N) is 1. The monoisotopic (exact) mass is 273 g/mol. The molecule has 0 bridgehead atoms. The maximum absolute atomic E-state index is 5.99. The highest BCUT2D eigenvalue weighted by atomic mass is 16.5. The SMILES string of the molecule is CCC(N)Cc1cccc(OCc2cc(C)nn2C)c1. The molecule has 20 heavy (non-hydrogen) atoms. The summed E-state index contributed by atoms with van der Waals surface area (Å²) < 4.78 is 7.69. The maximum atomic E-state index is 5.99. The minimum atomic E-state index is 0.213. The van der Waals surface area contributed by atoms with Gasteiger partial charge in [-0.1, -0.05) is 19.1 Å². The molecule has 0 spiro atoms. The van der Waals surface area contributed by atoms with Gasteiger partial charge in [0.2, 0.25) is 0 Å². The van der Waals surface area contributed by atoms with Crippen LogP contribution in [0.15, 0.2) is 30.3 Å². The molecular weight excluding hydrogens is 250 g/mol. The summed E-state index contributed by atoms with van der Waals surface area (Å²) in [7, 11) is 1.93. The van der Waals surface area contributed by atoms with Gasteiger partial charge in [-0.25, -0.2) is 0 Å². The van der Waals surface area contributed by atoms with Gasteiger partial charge in [-0.2, -0.15) is 5.10 Å². The molecule has 108 valence electrons. The number of aromatic nitrogens is 2. The highest BCUT2D eigenvalue weighted by Gasteiger charge is 2.05. The largest absolute Gasteiger partial charge is 0.487 e. The van der Waals surface area contributed by atoms with E-state index in [2.05, 4.69) is 24.2 Å². The van der Waals surface area contributed by atoms with E-state index in [4.69, 9.17) is 10.5 Å². The summed E-state index contributed by atoms with van der Waals surface area (Å²) in [6, 6.07) is 10.4. The molecule has 2 rings (SSSR count). The number of ether oxygens (including phenoxy) is 1. The van der Waals surface area contributed by atoms with Crippen LogP contribution in [0.5, 0.6) is 5.75 Å². The highest BCUT2D eigenvalue weighted by molar-refractivity contribution is 5.29. The van der Waals surface area contributed by atoms with E-state index >= 15 is 0 Å². The minimum Gasteiger partial charge on any atom is -0.487 e. The zero-order valence-corrected chi connectivity index (χ0v) is 12.5. The molecule has 1 aromatic carbocycles. The first kappa shape index (κ1) is 14.6. The summed E-state index contributed by atoms with van der Waals surface area (Å²) in [6.45, 7) is 4.62. The molecule has 1 heterocycles. The van der Waals surface area contributed by atoms with Crippen molar-refractivity contribution in [3.63, 3.8) is 0 Å². The van der Waals surface area contributed by atoms with Crippen LogP contribution in [-0.4, -0.2) is 15.8 Å². The fourth-order valence-corrected chi connectivity index (χ4v) is 2.17. The molecule has 4 nitrogen and oxygen atoms in total. The van der Waals surface area contributed by atoms with E-state index in [0.29, 0.717) is 6.61 Å². The predicted molar refractivity (Wildman–Crippen MR) is 80.7 cm³/mol. The van der Waals surface area contributed by atoms with Crippen molar-refractivity contribution in [2.75, 3.05) is 0 Å². The van der Waals surface area contributed by atoms with Crippen LogP contribution in [0.3, 0.4) is 0 Å². The molecule has 4 heteroatoms. The van der Waals surface area contributed by atoms with E-state index in [1.807, 2.05) is 36.9 Å². The Morgan fingerprint density at radius 1 is 1.35 bits per heavy atom. The van der Waals surface area contributed by atoms with E-state index in [1.165, 1.54) is 5.56 Å². The fraction of sp³-hybridized carbons (Fsp3) is 0.438. The molecule has 1 unspecified atom stereocenters. The van der Waals surface area contributed by atoms with Crippen molar-refractivity contribution in [2.45, 2.75) is 39.3 Å². The molecule has 0 aliphatic rings. The zero-order valence-electron chi connectivity index (χ0n) is 12.5. The first-order valence-corrected chi connectivity index (χ1v) is 7.05. The van der Waals surface area contributed by atoms with Gasteiger partial charge >= 0.3 is 0 Å². The molecule has 0 radical (unpaired) electrons. The van der Waals surface area contributed by atoms with Crippen molar-refractivity contribution in [2.24, 2.45) is 12.8 Å². The predicted octanol–water partition coefficient (Wildman–Crippen LogP) is 2.59. The number of benzene rings is 1. The summed E-state index contributed by atoms with van der Waals surface area (Å²) >= 11 is 0. The second kappa shape index (κ2) is 6.57. The van der Waals surface area contributed by atoms with Crippen LogP contribution < -0.4 is 10.5 Å². The van der Waals surface area contributed by atoms with E-state index in [1.54, 1.807) is 0 Å². The third kappa shape index (κ3) is 3.84. The normalized spacial score (nSPS) is 12.4. The Morgan fingerprint density at radius 3 is 2.80 bits per heavy atom. The topological polar surface area (TPSA) is 53.1 Å². The van der Waals surface area contributed by atoms with Crippen molar-refractivity contribution >= 4 is 0 Å². The average Bonchev–Trinajstić information content (AvgIpc) is 2.75. The van der Waals surface area contributed by atoms with Crippen molar-refractivity contribution in [3.8, 4) is 5.75 Å². The Kier molecular flexibility index (Phi) is 4.79. The van der Waals surface area contributed by atoms with Gasteiger partial charge in [-0.3, -0.25) is 4.68 Å².